The van der Waals surface area contributed by atoms with Crippen LogP contribution >= 0.6 is 0 Å². The number of imide groups is 1. The van der Waals surface area contributed by atoms with Crippen LogP contribution in [0.1, 0.15) is 69.4 Å². The SMILES string of the molecule is CCCC(CCC)N(C(=O)CN1C[C@H](c2ccc3c(c2)OCO3)C(C(=O)O)[C@@H]1CCN1C(=O)CCN(C)C1=O)c1ccc(F)c(C)c1. The molecule has 0 saturated carbocycles. The molecule has 4 amide bonds. The average Bonchev–Trinajstić information content (AvgIpc) is 3.65. The van der Waals surface area contributed by atoms with E-state index in [1.165, 1.54) is 15.9 Å². The number of urea groups is 1. The quantitative estimate of drug-likeness (QED) is 0.321. The first-order valence-electron chi connectivity index (χ1n) is 16.5. The lowest BCUT2D eigenvalue weighted by molar-refractivity contribution is -0.143. The van der Waals surface area contributed by atoms with Crippen LogP contribution in [-0.2, 0) is 14.4 Å². The third-order valence-corrected chi connectivity index (χ3v) is 9.66. The Labute approximate surface area is 275 Å². The molecule has 1 N–H and O–H groups in total. The van der Waals surface area contributed by atoms with E-state index in [0.717, 1.165) is 31.2 Å². The van der Waals surface area contributed by atoms with Crippen molar-refractivity contribution in [2.24, 2.45) is 5.92 Å². The van der Waals surface area contributed by atoms with E-state index >= 15 is 0 Å². The highest BCUT2D eigenvalue weighted by Crippen LogP contribution is 2.43. The second-order valence-corrected chi connectivity index (χ2v) is 12.8. The molecular weight excluding hydrogens is 607 g/mol. The lowest BCUT2D eigenvalue weighted by Crippen LogP contribution is -2.52. The van der Waals surface area contributed by atoms with E-state index in [4.69, 9.17) is 9.47 Å². The van der Waals surface area contributed by atoms with E-state index < -0.39 is 29.9 Å². The van der Waals surface area contributed by atoms with Crippen LogP contribution in [0.3, 0.4) is 0 Å². The van der Waals surface area contributed by atoms with Crippen LogP contribution < -0.4 is 14.4 Å². The molecule has 1 unspecified atom stereocenters. The van der Waals surface area contributed by atoms with Gasteiger partial charge in [-0.05, 0) is 67.6 Å². The minimum Gasteiger partial charge on any atom is -0.481 e. The zero-order chi connectivity index (χ0) is 33.8. The average molecular weight is 653 g/mol. The molecule has 47 heavy (non-hydrogen) atoms. The van der Waals surface area contributed by atoms with Gasteiger partial charge in [-0.15, -0.1) is 0 Å². The van der Waals surface area contributed by atoms with Crippen LogP contribution in [0.25, 0.3) is 0 Å². The Bertz CT molecular complexity index is 1500. The summed E-state index contributed by atoms with van der Waals surface area (Å²) in [7, 11) is 1.63. The van der Waals surface area contributed by atoms with Gasteiger partial charge in [-0.1, -0.05) is 32.8 Å². The molecule has 0 radical (unpaired) electrons. The molecule has 3 atom stereocenters. The van der Waals surface area contributed by atoms with Gasteiger partial charge in [-0.2, -0.15) is 0 Å². The van der Waals surface area contributed by atoms with Crippen LogP contribution in [0.4, 0.5) is 14.9 Å². The van der Waals surface area contributed by atoms with E-state index in [1.807, 2.05) is 11.0 Å². The summed E-state index contributed by atoms with van der Waals surface area (Å²) in [5.41, 5.74) is 1.78. The predicted octanol–water partition coefficient (Wildman–Crippen LogP) is 5.01. The number of nitrogens with zero attached hydrogens (tertiary/aromatic N) is 4. The number of carbonyl (C=O) groups is 4. The molecule has 3 aliphatic rings. The van der Waals surface area contributed by atoms with Crippen molar-refractivity contribution in [2.45, 2.75) is 77.3 Å². The number of hydrogen-bond acceptors (Lipinski definition) is 7. The number of aliphatic carboxylic acids is 1. The fourth-order valence-electron chi connectivity index (χ4n) is 7.28. The molecular formula is C35H45FN4O7. The molecule has 2 aromatic carbocycles. The van der Waals surface area contributed by atoms with Crippen molar-refractivity contribution in [1.82, 2.24) is 14.7 Å². The summed E-state index contributed by atoms with van der Waals surface area (Å²) in [6, 6.07) is 8.87. The van der Waals surface area contributed by atoms with Gasteiger partial charge in [-0.25, -0.2) is 9.18 Å². The first-order chi connectivity index (χ1) is 22.5. The van der Waals surface area contributed by atoms with Gasteiger partial charge in [0.1, 0.15) is 5.82 Å². The monoisotopic (exact) mass is 652 g/mol. The van der Waals surface area contributed by atoms with Gasteiger partial charge in [-0.3, -0.25) is 24.2 Å². The Morgan fingerprint density at radius 2 is 1.79 bits per heavy atom. The molecule has 11 nitrogen and oxygen atoms in total. The lowest BCUT2D eigenvalue weighted by Gasteiger charge is -2.36. The number of aryl methyl sites for hydroxylation is 1. The Balaban J connectivity index is 1.49. The number of likely N-dealkylation sites (tertiary alicyclic amines) is 1. The van der Waals surface area contributed by atoms with Crippen LogP contribution in [0.15, 0.2) is 36.4 Å². The zero-order valence-corrected chi connectivity index (χ0v) is 27.6. The van der Waals surface area contributed by atoms with Crippen molar-refractivity contribution in [1.29, 1.82) is 0 Å². The first kappa shape index (κ1) is 34.2. The Hall–Kier alpha value is -4.19. The number of carboxylic acid groups (broad SMARTS) is 1. The number of benzene rings is 2. The maximum atomic E-state index is 14.4. The number of fused-ring (bicyclic) bond motifs is 1. The van der Waals surface area contributed by atoms with Crippen LogP contribution in [0.5, 0.6) is 11.5 Å². The number of anilines is 1. The largest absolute Gasteiger partial charge is 0.481 e. The summed E-state index contributed by atoms with van der Waals surface area (Å²) >= 11 is 0. The smallest absolute Gasteiger partial charge is 0.326 e. The number of ether oxygens (including phenoxy) is 2. The van der Waals surface area contributed by atoms with Gasteiger partial charge in [0.05, 0.1) is 12.5 Å². The van der Waals surface area contributed by atoms with Gasteiger partial charge in [0.15, 0.2) is 11.5 Å². The fourth-order valence-corrected chi connectivity index (χ4v) is 7.28. The lowest BCUT2D eigenvalue weighted by atomic mass is 9.84. The molecule has 3 aliphatic heterocycles. The highest BCUT2D eigenvalue weighted by molar-refractivity contribution is 5.97. The van der Waals surface area contributed by atoms with Gasteiger partial charge >= 0.3 is 12.0 Å². The number of amides is 4. The molecule has 2 fully saturated rings. The molecule has 0 spiro atoms. The number of rotatable bonds is 13. The van der Waals surface area contributed by atoms with E-state index in [0.29, 0.717) is 29.3 Å². The Morgan fingerprint density at radius 3 is 2.47 bits per heavy atom. The second-order valence-electron chi connectivity index (χ2n) is 12.8. The van der Waals surface area contributed by atoms with Gasteiger partial charge in [0.2, 0.25) is 18.6 Å². The van der Waals surface area contributed by atoms with Crippen LogP contribution in [0, 0.1) is 18.7 Å². The molecule has 254 valence electrons. The van der Waals surface area contributed by atoms with E-state index in [9.17, 15) is 28.7 Å². The van der Waals surface area contributed by atoms with Crippen molar-refractivity contribution in [2.75, 3.05) is 44.9 Å². The van der Waals surface area contributed by atoms with E-state index in [2.05, 4.69) is 13.8 Å². The highest BCUT2D eigenvalue weighted by atomic mass is 19.1. The predicted molar refractivity (Wildman–Crippen MR) is 173 cm³/mol. The van der Waals surface area contributed by atoms with Crippen molar-refractivity contribution in [3.63, 3.8) is 0 Å². The Kier molecular flexibility index (Phi) is 10.7. The summed E-state index contributed by atoms with van der Waals surface area (Å²) in [6.07, 6.45) is 3.58. The standard InChI is InChI=1S/C35H45FN4O7/c1-5-7-24(8-6-2)40(25-10-11-27(36)22(3)17-25)32(42)20-38-19-26(23-9-12-29-30(18-23)47-21-46-29)33(34(43)44)28(38)13-16-39-31(41)14-15-37(4)35(39)45/h9-12,17-18,24,26,28,33H,5-8,13-16,19-21H2,1-4H3,(H,43,44)/t26-,28+,33?/m1/s1. The molecule has 12 heteroatoms. The topological polar surface area (TPSA) is 120 Å². The molecule has 0 bridgehead atoms. The first-order valence-corrected chi connectivity index (χ1v) is 16.5. The number of halogens is 1. The maximum absolute atomic E-state index is 14.4. The molecule has 0 aliphatic carbocycles. The van der Waals surface area contributed by atoms with E-state index in [-0.39, 0.29) is 62.9 Å². The van der Waals surface area contributed by atoms with Crippen molar-refractivity contribution in [3.8, 4) is 11.5 Å². The van der Waals surface area contributed by atoms with Crippen molar-refractivity contribution < 1.29 is 38.1 Å². The summed E-state index contributed by atoms with van der Waals surface area (Å²) in [5.74, 6) is -2.21. The summed E-state index contributed by atoms with van der Waals surface area (Å²) < 4.78 is 25.4. The third-order valence-electron chi connectivity index (χ3n) is 9.66. The minimum atomic E-state index is -1.03. The molecule has 3 heterocycles. The molecule has 0 aromatic heterocycles. The van der Waals surface area contributed by atoms with Gasteiger partial charge in [0.25, 0.3) is 0 Å². The maximum Gasteiger partial charge on any atom is 0.326 e. The van der Waals surface area contributed by atoms with Crippen molar-refractivity contribution in [3.05, 3.63) is 53.3 Å². The van der Waals surface area contributed by atoms with Crippen molar-refractivity contribution >= 4 is 29.5 Å². The highest BCUT2D eigenvalue weighted by Gasteiger charge is 2.48. The summed E-state index contributed by atoms with van der Waals surface area (Å²) in [5, 5.41) is 10.6. The Morgan fingerprint density at radius 1 is 1.06 bits per heavy atom. The van der Waals surface area contributed by atoms with Crippen LogP contribution in [0.2, 0.25) is 0 Å². The summed E-state index contributed by atoms with van der Waals surface area (Å²) in [6.45, 7) is 6.41. The fraction of sp³-hybridized carbons (Fsp3) is 0.543. The molecule has 2 saturated heterocycles. The third kappa shape index (κ3) is 7.22. The number of hydrogen-bond donors (Lipinski definition) is 1. The van der Waals surface area contributed by atoms with Gasteiger partial charge < -0.3 is 24.4 Å². The normalized spacial score (nSPS) is 21.2. The number of carboxylic acids is 1. The molecule has 5 rings (SSSR count). The zero-order valence-electron chi connectivity index (χ0n) is 27.6. The van der Waals surface area contributed by atoms with E-state index in [1.54, 1.807) is 43.1 Å². The van der Waals surface area contributed by atoms with Gasteiger partial charge in [0, 0.05) is 56.8 Å². The second kappa shape index (κ2) is 14.7. The summed E-state index contributed by atoms with van der Waals surface area (Å²) in [4.78, 5) is 59.4. The number of carbonyl (C=O) groups excluding carboxylic acids is 3. The van der Waals surface area contributed by atoms with Crippen LogP contribution in [-0.4, -0.2) is 95.7 Å². The minimum absolute atomic E-state index is 0.0319. The molecule has 2 aromatic rings.